The van der Waals surface area contributed by atoms with E-state index in [0.29, 0.717) is 11.4 Å². The molecule has 21 heavy (non-hydrogen) atoms. The number of para-hydroxylation sites is 1. The van der Waals surface area contributed by atoms with Gasteiger partial charge in [-0.3, -0.25) is 19.7 Å². The molecule has 0 aromatic heterocycles. The molecular weight excluding hydrogens is 290 g/mol. The van der Waals surface area contributed by atoms with E-state index in [2.05, 4.69) is 10.4 Å². The van der Waals surface area contributed by atoms with Crippen LogP contribution in [0.2, 0.25) is 0 Å². The lowest BCUT2D eigenvalue weighted by Crippen LogP contribution is -2.26. The molecule has 1 saturated heterocycles. The van der Waals surface area contributed by atoms with E-state index < -0.39 is 17.1 Å². The number of anilines is 1. The summed E-state index contributed by atoms with van der Waals surface area (Å²) in [7, 11) is 0. The number of carbonyl (C=O) groups excluding carboxylic acids is 3. The molecule has 3 rings (SSSR count). The quantitative estimate of drug-likeness (QED) is 0.846. The maximum atomic E-state index is 12.4. The number of hydrogen-bond donors (Lipinski definition) is 1. The number of hydrazone groups is 1. The van der Waals surface area contributed by atoms with Gasteiger partial charge in [0.1, 0.15) is 0 Å². The zero-order valence-corrected chi connectivity index (χ0v) is 11.9. The smallest absolute Gasteiger partial charge is 0.282 e. The van der Waals surface area contributed by atoms with E-state index in [4.69, 9.17) is 0 Å². The summed E-state index contributed by atoms with van der Waals surface area (Å²) in [6, 6.07) is 9.05. The predicted molar refractivity (Wildman–Crippen MR) is 79.7 cm³/mol. The lowest BCUT2D eigenvalue weighted by Gasteiger charge is -2.12. The van der Waals surface area contributed by atoms with Crippen LogP contribution in [0.1, 0.15) is 6.92 Å². The second-order valence-electron chi connectivity index (χ2n) is 4.58. The van der Waals surface area contributed by atoms with Crippen molar-refractivity contribution in [2.24, 2.45) is 11.0 Å². The molecule has 1 aromatic rings. The largest absolute Gasteiger partial charge is 0.290 e. The fourth-order valence-corrected chi connectivity index (χ4v) is 2.80. The Morgan fingerprint density at radius 2 is 1.95 bits per heavy atom. The highest BCUT2D eigenvalue weighted by Gasteiger charge is 2.35. The van der Waals surface area contributed by atoms with Crippen molar-refractivity contribution in [3.05, 3.63) is 41.3 Å². The van der Waals surface area contributed by atoms with Crippen LogP contribution >= 0.6 is 11.8 Å². The van der Waals surface area contributed by atoms with Crippen LogP contribution in [0.5, 0.6) is 0 Å². The van der Waals surface area contributed by atoms with Crippen LogP contribution in [0.4, 0.5) is 10.5 Å². The first-order chi connectivity index (χ1) is 10.1. The van der Waals surface area contributed by atoms with Gasteiger partial charge in [-0.2, -0.15) is 10.1 Å². The molecule has 1 aromatic carbocycles. The third-order valence-electron chi connectivity index (χ3n) is 3.14. The van der Waals surface area contributed by atoms with Crippen LogP contribution in [0.15, 0.2) is 46.4 Å². The fraction of sp³-hybridized carbons (Fsp3) is 0.143. The maximum absolute atomic E-state index is 12.4. The molecular formula is C14H11N3O3S. The van der Waals surface area contributed by atoms with Gasteiger partial charge in [-0.1, -0.05) is 18.2 Å². The lowest BCUT2D eigenvalue weighted by atomic mass is 10.0. The number of thioether (sulfide) groups is 1. The molecule has 2 aliphatic rings. The summed E-state index contributed by atoms with van der Waals surface area (Å²) in [6.07, 6.45) is 1.50. The minimum atomic E-state index is -0.621. The Labute approximate surface area is 124 Å². The third kappa shape index (κ3) is 2.47. The minimum absolute atomic E-state index is 0.237. The summed E-state index contributed by atoms with van der Waals surface area (Å²) < 4.78 is 0. The van der Waals surface area contributed by atoms with Gasteiger partial charge in [-0.05, 0) is 36.9 Å². The number of carbonyl (C=O) groups is 3. The summed E-state index contributed by atoms with van der Waals surface area (Å²) in [5.74, 6) is -1.33. The highest BCUT2D eigenvalue weighted by molar-refractivity contribution is 8.18. The SMILES string of the molecule is CC1=NN(c2ccccc2)C(=O)C1C=C1SC(=O)NC1=O. The molecule has 106 valence electrons. The molecule has 7 heteroatoms. The van der Waals surface area contributed by atoms with E-state index >= 15 is 0 Å². The van der Waals surface area contributed by atoms with Gasteiger partial charge in [0.15, 0.2) is 0 Å². The zero-order valence-electron chi connectivity index (χ0n) is 11.1. The Hall–Kier alpha value is -2.41. The lowest BCUT2D eigenvalue weighted by molar-refractivity contribution is -0.118. The van der Waals surface area contributed by atoms with Crippen LogP contribution in [0, 0.1) is 5.92 Å². The van der Waals surface area contributed by atoms with E-state index in [1.807, 2.05) is 18.2 Å². The highest BCUT2D eigenvalue weighted by atomic mass is 32.2. The van der Waals surface area contributed by atoms with Gasteiger partial charge in [-0.15, -0.1) is 0 Å². The van der Waals surface area contributed by atoms with Crippen molar-refractivity contribution in [2.45, 2.75) is 6.92 Å². The number of hydrogen-bond acceptors (Lipinski definition) is 5. The first-order valence-electron chi connectivity index (χ1n) is 6.25. The van der Waals surface area contributed by atoms with Crippen LogP contribution in [-0.2, 0) is 9.59 Å². The number of benzene rings is 1. The normalized spacial score (nSPS) is 23.8. The summed E-state index contributed by atoms with van der Waals surface area (Å²) in [5.41, 5.74) is 1.26. The predicted octanol–water partition coefficient (Wildman–Crippen LogP) is 1.89. The van der Waals surface area contributed by atoms with Crippen molar-refractivity contribution in [1.82, 2.24) is 5.32 Å². The third-order valence-corrected chi connectivity index (χ3v) is 3.97. The Morgan fingerprint density at radius 3 is 2.57 bits per heavy atom. The van der Waals surface area contributed by atoms with Crippen molar-refractivity contribution in [3.8, 4) is 0 Å². The van der Waals surface area contributed by atoms with Gasteiger partial charge in [0, 0.05) is 0 Å². The minimum Gasteiger partial charge on any atom is -0.282 e. The van der Waals surface area contributed by atoms with Crippen molar-refractivity contribution < 1.29 is 14.4 Å². The number of imide groups is 1. The standard InChI is InChI=1S/C14H11N3O3S/c1-8-10(7-11-12(18)15-14(20)21-11)13(19)17(16-8)9-5-3-2-4-6-9/h2-7,10H,1H3,(H,15,18,20). The second-order valence-corrected chi connectivity index (χ2v) is 5.59. The van der Waals surface area contributed by atoms with Crippen LogP contribution in [0.3, 0.4) is 0 Å². The Bertz CT molecular complexity index is 697. The van der Waals surface area contributed by atoms with E-state index in [-0.39, 0.29) is 10.8 Å². The van der Waals surface area contributed by atoms with Gasteiger partial charge in [0.05, 0.1) is 22.2 Å². The topological polar surface area (TPSA) is 78.8 Å². The van der Waals surface area contributed by atoms with Crippen molar-refractivity contribution in [3.63, 3.8) is 0 Å². The average molecular weight is 301 g/mol. The van der Waals surface area contributed by atoms with Crippen LogP contribution in [0.25, 0.3) is 0 Å². The highest BCUT2D eigenvalue weighted by Crippen LogP contribution is 2.29. The molecule has 1 fully saturated rings. The summed E-state index contributed by atoms with van der Waals surface area (Å²) in [4.78, 5) is 35.4. The zero-order chi connectivity index (χ0) is 15.0. The van der Waals surface area contributed by atoms with Crippen molar-refractivity contribution in [1.29, 1.82) is 0 Å². The fourth-order valence-electron chi connectivity index (χ4n) is 2.11. The van der Waals surface area contributed by atoms with Crippen LogP contribution < -0.4 is 10.3 Å². The summed E-state index contributed by atoms with van der Waals surface area (Å²) >= 11 is 0.797. The summed E-state index contributed by atoms with van der Waals surface area (Å²) in [6.45, 7) is 1.72. The molecule has 1 atom stereocenters. The molecule has 0 radical (unpaired) electrons. The molecule has 0 aliphatic carbocycles. The number of amides is 3. The van der Waals surface area contributed by atoms with Crippen molar-refractivity contribution >= 4 is 40.2 Å². The maximum Gasteiger partial charge on any atom is 0.290 e. The molecule has 2 aliphatic heterocycles. The first-order valence-corrected chi connectivity index (χ1v) is 7.07. The summed E-state index contributed by atoms with van der Waals surface area (Å²) in [5, 5.41) is 7.29. The van der Waals surface area contributed by atoms with Crippen molar-refractivity contribution in [2.75, 3.05) is 5.01 Å². The molecule has 1 N–H and O–H groups in total. The Kier molecular flexibility index (Phi) is 3.34. The molecule has 0 bridgehead atoms. The molecule has 0 spiro atoms. The van der Waals surface area contributed by atoms with Crippen LogP contribution in [-0.4, -0.2) is 22.8 Å². The molecule has 3 amide bonds. The number of nitrogens with one attached hydrogen (secondary N) is 1. The number of rotatable bonds is 2. The average Bonchev–Trinajstić information content (AvgIpc) is 2.93. The molecule has 1 unspecified atom stereocenters. The van der Waals surface area contributed by atoms with Gasteiger partial charge in [0.25, 0.3) is 17.1 Å². The monoisotopic (exact) mass is 301 g/mol. The molecule has 0 saturated carbocycles. The van der Waals surface area contributed by atoms with Gasteiger partial charge >= 0.3 is 0 Å². The molecule has 2 heterocycles. The molecule has 6 nitrogen and oxygen atoms in total. The second kappa shape index (κ2) is 5.17. The van der Waals surface area contributed by atoms with Gasteiger partial charge in [-0.25, -0.2) is 0 Å². The number of nitrogens with zero attached hydrogens (tertiary/aromatic N) is 2. The van der Waals surface area contributed by atoms with Gasteiger partial charge in [0.2, 0.25) is 0 Å². The van der Waals surface area contributed by atoms with E-state index in [1.165, 1.54) is 11.1 Å². The van der Waals surface area contributed by atoms with Gasteiger partial charge < -0.3 is 0 Å². The van der Waals surface area contributed by atoms with E-state index in [0.717, 1.165) is 11.8 Å². The van der Waals surface area contributed by atoms with E-state index in [1.54, 1.807) is 19.1 Å². The Balaban J connectivity index is 1.88. The first kappa shape index (κ1) is 13.6. The van der Waals surface area contributed by atoms with E-state index in [9.17, 15) is 14.4 Å². The Morgan fingerprint density at radius 1 is 1.24 bits per heavy atom.